The highest BCUT2D eigenvalue weighted by Crippen LogP contribution is 2.10. The van der Waals surface area contributed by atoms with Crippen molar-refractivity contribution in [3.63, 3.8) is 0 Å². The van der Waals surface area contributed by atoms with Gasteiger partial charge in [-0.25, -0.2) is 13.8 Å². The molecule has 1 aromatic carbocycles. The standard InChI is InChI=1S/C11H19N3O2S/c1-14(9-13-12)8-7-10-3-5-11(6-4-10)17(2,15)16/h3-6,13H,7-9,12H2,1-2H3. The van der Waals surface area contributed by atoms with Crippen molar-refractivity contribution in [2.24, 2.45) is 5.84 Å². The van der Waals surface area contributed by atoms with Crippen LogP contribution in [0.3, 0.4) is 0 Å². The highest BCUT2D eigenvalue weighted by molar-refractivity contribution is 7.90. The second kappa shape index (κ2) is 6.11. The molecule has 0 saturated carbocycles. The Kier molecular flexibility index (Phi) is 5.07. The molecule has 5 nitrogen and oxygen atoms in total. The Morgan fingerprint density at radius 3 is 2.35 bits per heavy atom. The van der Waals surface area contributed by atoms with Gasteiger partial charge in [0.25, 0.3) is 0 Å². The Hall–Kier alpha value is -0.950. The molecule has 1 rings (SSSR count). The number of hydrazine groups is 1. The van der Waals surface area contributed by atoms with Gasteiger partial charge in [0, 0.05) is 12.8 Å². The maximum Gasteiger partial charge on any atom is 0.175 e. The van der Waals surface area contributed by atoms with E-state index in [1.165, 1.54) is 6.26 Å². The second-order valence-corrected chi connectivity index (χ2v) is 6.12. The molecule has 0 fully saturated rings. The van der Waals surface area contributed by atoms with Crippen LogP contribution >= 0.6 is 0 Å². The number of nitrogens with one attached hydrogen (secondary N) is 1. The number of rotatable bonds is 6. The van der Waals surface area contributed by atoms with Crippen LogP contribution in [-0.2, 0) is 16.3 Å². The van der Waals surface area contributed by atoms with Crippen LogP contribution in [0.2, 0.25) is 0 Å². The lowest BCUT2D eigenvalue weighted by Gasteiger charge is -2.15. The fraction of sp³-hybridized carbons (Fsp3) is 0.455. The molecule has 0 saturated heterocycles. The first-order valence-electron chi connectivity index (χ1n) is 5.34. The molecule has 0 aliphatic rings. The van der Waals surface area contributed by atoms with Crippen molar-refractivity contribution in [3.8, 4) is 0 Å². The molecule has 6 heteroatoms. The SMILES string of the molecule is CN(CCc1ccc(S(C)(=O)=O)cc1)CNN. The van der Waals surface area contributed by atoms with Gasteiger partial charge in [0.15, 0.2) is 9.84 Å². The fourth-order valence-corrected chi connectivity index (χ4v) is 2.09. The van der Waals surface area contributed by atoms with Crippen molar-refractivity contribution in [1.29, 1.82) is 0 Å². The van der Waals surface area contributed by atoms with Gasteiger partial charge in [-0.05, 0) is 31.2 Å². The van der Waals surface area contributed by atoms with E-state index in [2.05, 4.69) is 5.43 Å². The summed E-state index contributed by atoms with van der Waals surface area (Å²) in [5.74, 6) is 5.21. The van der Waals surface area contributed by atoms with Crippen LogP contribution in [0.15, 0.2) is 29.2 Å². The van der Waals surface area contributed by atoms with E-state index in [1.54, 1.807) is 12.1 Å². The summed E-state index contributed by atoms with van der Waals surface area (Å²) in [6, 6.07) is 6.98. The van der Waals surface area contributed by atoms with Gasteiger partial charge in [-0.15, -0.1) is 0 Å². The zero-order valence-corrected chi connectivity index (χ0v) is 11.0. The van der Waals surface area contributed by atoms with Gasteiger partial charge in [-0.1, -0.05) is 12.1 Å². The maximum absolute atomic E-state index is 11.3. The Morgan fingerprint density at radius 2 is 1.88 bits per heavy atom. The van der Waals surface area contributed by atoms with E-state index in [-0.39, 0.29) is 0 Å². The van der Waals surface area contributed by atoms with Crippen LogP contribution in [0.1, 0.15) is 5.56 Å². The molecule has 96 valence electrons. The Labute approximate surface area is 103 Å². The third kappa shape index (κ3) is 4.82. The van der Waals surface area contributed by atoms with Gasteiger partial charge >= 0.3 is 0 Å². The molecule has 3 N–H and O–H groups in total. The lowest BCUT2D eigenvalue weighted by molar-refractivity contribution is 0.313. The van der Waals surface area contributed by atoms with Gasteiger partial charge < -0.3 is 0 Å². The molecule has 0 unspecified atom stereocenters. The number of hydrogen-bond donors (Lipinski definition) is 2. The zero-order valence-electron chi connectivity index (χ0n) is 10.2. The van der Waals surface area contributed by atoms with E-state index >= 15 is 0 Å². The molecule has 0 aliphatic heterocycles. The molecule has 0 bridgehead atoms. The Morgan fingerprint density at radius 1 is 1.29 bits per heavy atom. The van der Waals surface area contributed by atoms with Crippen LogP contribution in [0.4, 0.5) is 0 Å². The minimum Gasteiger partial charge on any atom is -0.292 e. The summed E-state index contributed by atoms with van der Waals surface area (Å²) in [6.07, 6.45) is 2.07. The van der Waals surface area contributed by atoms with Gasteiger partial charge in [0.05, 0.1) is 11.6 Å². The molecule has 0 aromatic heterocycles. The minimum absolute atomic E-state index is 0.359. The van der Waals surface area contributed by atoms with Crippen LogP contribution in [0.5, 0.6) is 0 Å². The predicted octanol–water partition coefficient (Wildman–Crippen LogP) is -0.0148. The number of nitrogens with two attached hydrogens (primary N) is 1. The van der Waals surface area contributed by atoms with Gasteiger partial charge in [0.1, 0.15) is 0 Å². The number of sulfone groups is 1. The molecule has 0 spiro atoms. The highest BCUT2D eigenvalue weighted by atomic mass is 32.2. The van der Waals surface area contributed by atoms with E-state index in [1.807, 2.05) is 24.1 Å². The molecule has 0 amide bonds. The number of benzene rings is 1. The monoisotopic (exact) mass is 257 g/mol. The van der Waals surface area contributed by atoms with E-state index in [0.29, 0.717) is 11.6 Å². The first kappa shape index (κ1) is 14.1. The lowest BCUT2D eigenvalue weighted by Crippen LogP contribution is -2.36. The van der Waals surface area contributed by atoms with E-state index in [0.717, 1.165) is 18.5 Å². The highest BCUT2D eigenvalue weighted by Gasteiger charge is 2.06. The van der Waals surface area contributed by atoms with Crippen molar-refractivity contribution < 1.29 is 8.42 Å². The van der Waals surface area contributed by atoms with Crippen molar-refractivity contribution in [3.05, 3.63) is 29.8 Å². The molecular formula is C11H19N3O2S. The molecule has 0 radical (unpaired) electrons. The second-order valence-electron chi connectivity index (χ2n) is 4.11. The average molecular weight is 257 g/mol. The summed E-state index contributed by atoms with van der Waals surface area (Å²) in [5, 5.41) is 0. The van der Waals surface area contributed by atoms with E-state index in [9.17, 15) is 8.42 Å². The molecule has 0 heterocycles. The van der Waals surface area contributed by atoms with Crippen LogP contribution < -0.4 is 11.3 Å². The first-order valence-corrected chi connectivity index (χ1v) is 7.23. The van der Waals surface area contributed by atoms with Crippen molar-refractivity contribution in [2.75, 3.05) is 26.5 Å². The quantitative estimate of drug-likeness (QED) is 0.426. The van der Waals surface area contributed by atoms with E-state index in [4.69, 9.17) is 5.84 Å². The molecule has 1 aromatic rings. The van der Waals surface area contributed by atoms with Crippen molar-refractivity contribution in [2.45, 2.75) is 11.3 Å². The summed E-state index contributed by atoms with van der Waals surface area (Å²) in [7, 11) is -1.13. The number of likely N-dealkylation sites (N-methyl/N-ethyl adjacent to an activating group) is 1. The summed E-state index contributed by atoms with van der Waals surface area (Å²) in [4.78, 5) is 2.41. The van der Waals surface area contributed by atoms with Crippen LogP contribution in [-0.4, -0.2) is 39.8 Å². The topological polar surface area (TPSA) is 75.4 Å². The molecule has 17 heavy (non-hydrogen) atoms. The maximum atomic E-state index is 11.3. The largest absolute Gasteiger partial charge is 0.292 e. The summed E-state index contributed by atoms with van der Waals surface area (Å²) >= 11 is 0. The van der Waals surface area contributed by atoms with Crippen molar-refractivity contribution in [1.82, 2.24) is 10.3 Å². The third-order valence-electron chi connectivity index (χ3n) is 2.49. The smallest absolute Gasteiger partial charge is 0.175 e. The molecule has 0 atom stereocenters. The van der Waals surface area contributed by atoms with Crippen molar-refractivity contribution >= 4 is 9.84 Å². The zero-order chi connectivity index (χ0) is 12.9. The Balaban J connectivity index is 2.57. The summed E-state index contributed by atoms with van der Waals surface area (Å²) in [6.45, 7) is 1.49. The van der Waals surface area contributed by atoms with Crippen LogP contribution in [0, 0.1) is 0 Å². The van der Waals surface area contributed by atoms with Gasteiger partial charge in [-0.2, -0.15) is 0 Å². The third-order valence-corrected chi connectivity index (χ3v) is 3.62. The minimum atomic E-state index is -3.10. The predicted molar refractivity (Wildman–Crippen MR) is 68.1 cm³/mol. The van der Waals surface area contributed by atoms with E-state index < -0.39 is 9.84 Å². The number of nitrogens with zero attached hydrogens (tertiary/aromatic N) is 1. The first-order chi connectivity index (χ1) is 7.93. The Bertz CT molecular complexity index is 442. The van der Waals surface area contributed by atoms with Gasteiger partial charge in [-0.3, -0.25) is 10.7 Å². The van der Waals surface area contributed by atoms with Crippen LogP contribution in [0.25, 0.3) is 0 Å². The average Bonchev–Trinajstić information content (AvgIpc) is 2.26. The lowest BCUT2D eigenvalue weighted by atomic mass is 10.1. The fourth-order valence-electron chi connectivity index (χ4n) is 1.46. The summed E-state index contributed by atoms with van der Waals surface area (Å²) < 4.78 is 22.5. The molecule has 0 aliphatic carbocycles. The normalized spacial score (nSPS) is 12.0. The number of hydrogen-bond acceptors (Lipinski definition) is 5. The molecular weight excluding hydrogens is 238 g/mol. The van der Waals surface area contributed by atoms with Gasteiger partial charge in [0.2, 0.25) is 0 Å². The summed E-state index contributed by atoms with van der Waals surface area (Å²) in [5.41, 5.74) is 3.69.